The van der Waals surface area contributed by atoms with E-state index in [4.69, 9.17) is 15.0 Å². The molecule has 0 aliphatic carbocycles. The van der Waals surface area contributed by atoms with E-state index >= 15 is 0 Å². The maximum Gasteiger partial charge on any atom is 0.305 e. The van der Waals surface area contributed by atoms with Crippen molar-refractivity contribution in [1.82, 2.24) is 0 Å². The first-order valence-electron chi connectivity index (χ1n) is 9.23. The summed E-state index contributed by atoms with van der Waals surface area (Å²) in [7, 11) is 1.41. The fourth-order valence-electron chi connectivity index (χ4n) is 2.73. The van der Waals surface area contributed by atoms with E-state index in [-0.39, 0.29) is 24.3 Å². The summed E-state index contributed by atoms with van der Waals surface area (Å²) in [5, 5.41) is 9.13. The van der Waals surface area contributed by atoms with Gasteiger partial charge in [0.05, 0.1) is 7.11 Å². The Morgan fingerprint density at radius 1 is 1.20 bits per heavy atom. The fourth-order valence-corrected chi connectivity index (χ4v) is 2.73. The van der Waals surface area contributed by atoms with Crippen LogP contribution in [0.3, 0.4) is 0 Å². The molecule has 3 atom stereocenters. The van der Waals surface area contributed by atoms with E-state index in [1.54, 1.807) is 0 Å². The van der Waals surface area contributed by atoms with E-state index in [0.717, 1.165) is 38.5 Å². The molecule has 0 bridgehead atoms. The zero-order valence-corrected chi connectivity index (χ0v) is 15.4. The van der Waals surface area contributed by atoms with Crippen LogP contribution < -0.4 is 0 Å². The Hall–Kier alpha value is -1.21. The molecule has 1 heterocycles. The average molecular weight is 356 g/mol. The Morgan fingerprint density at radius 2 is 1.96 bits per heavy atom. The normalized spacial score (nSPS) is 22.0. The summed E-state index contributed by atoms with van der Waals surface area (Å²) in [5.74, 6) is -0.152. The largest absolute Gasteiger partial charge is 0.469 e. The number of hydrogen-bond acceptors (Lipinski definition) is 6. The van der Waals surface area contributed by atoms with Crippen LogP contribution in [0.2, 0.25) is 0 Å². The molecule has 0 radical (unpaired) electrons. The van der Waals surface area contributed by atoms with Crippen molar-refractivity contribution in [3.05, 3.63) is 24.3 Å². The molecular formula is C19H32O6. The molecule has 0 aromatic heterocycles. The lowest BCUT2D eigenvalue weighted by molar-refractivity contribution is -0.348. The Kier molecular flexibility index (Phi) is 12.2. The fraction of sp³-hybridized carbons (Fsp3) is 0.737. The molecule has 25 heavy (non-hydrogen) atoms. The van der Waals surface area contributed by atoms with Crippen molar-refractivity contribution in [2.24, 2.45) is 0 Å². The first-order valence-corrected chi connectivity index (χ1v) is 9.23. The molecular weight excluding hydrogens is 324 g/mol. The van der Waals surface area contributed by atoms with Crippen molar-refractivity contribution in [3.63, 3.8) is 0 Å². The van der Waals surface area contributed by atoms with Gasteiger partial charge in [0.1, 0.15) is 18.3 Å². The number of hydrogen-bond donors (Lipinski definition) is 1. The first-order chi connectivity index (χ1) is 12.2. The molecule has 1 saturated heterocycles. The van der Waals surface area contributed by atoms with E-state index in [1.165, 1.54) is 7.11 Å². The summed E-state index contributed by atoms with van der Waals surface area (Å²) in [6.07, 6.45) is 14.9. The molecule has 0 saturated carbocycles. The minimum atomic E-state index is -0.375. The average Bonchev–Trinajstić information content (AvgIpc) is 3.09. The highest BCUT2D eigenvalue weighted by Crippen LogP contribution is 2.25. The summed E-state index contributed by atoms with van der Waals surface area (Å²) < 4.78 is 4.61. The second-order valence-electron chi connectivity index (χ2n) is 6.25. The predicted molar refractivity (Wildman–Crippen MR) is 94.8 cm³/mol. The van der Waals surface area contributed by atoms with Crippen LogP contribution in [0.1, 0.15) is 64.7 Å². The van der Waals surface area contributed by atoms with Crippen molar-refractivity contribution in [1.29, 1.82) is 0 Å². The molecule has 0 aromatic carbocycles. The summed E-state index contributed by atoms with van der Waals surface area (Å²) >= 11 is 0. The second kappa shape index (κ2) is 14.0. The molecule has 1 N–H and O–H groups in total. The molecule has 0 aromatic rings. The lowest BCUT2D eigenvalue weighted by Crippen LogP contribution is -2.27. The standard InChI is InChI=1S/C19H32O6/c1-3-4-5-9-12-16-15-18(25-24-16)17(23-21)13-10-7-6-8-11-14-19(20)22-2/h4-5,9,12,16-18,21H,3,6-8,10-11,13-15H2,1-2H3/b5-4+,12-9+. The van der Waals surface area contributed by atoms with Gasteiger partial charge in [-0.3, -0.25) is 10.1 Å². The minimum absolute atomic E-state index is 0.109. The quantitative estimate of drug-likeness (QED) is 0.174. The van der Waals surface area contributed by atoms with Crippen molar-refractivity contribution in [2.45, 2.75) is 83.0 Å². The SMILES string of the molecule is CC/C=C/C=C/C1CC(C(CCCCCCCC(=O)OC)OO)OO1. The van der Waals surface area contributed by atoms with Gasteiger partial charge < -0.3 is 4.74 Å². The van der Waals surface area contributed by atoms with Crippen LogP contribution in [-0.2, 0) is 24.2 Å². The van der Waals surface area contributed by atoms with Gasteiger partial charge in [-0.05, 0) is 19.3 Å². The Morgan fingerprint density at radius 3 is 2.68 bits per heavy atom. The molecule has 0 amide bonds. The molecule has 1 rings (SSSR count). The molecule has 1 aliphatic heterocycles. The minimum Gasteiger partial charge on any atom is -0.469 e. The van der Waals surface area contributed by atoms with E-state index in [2.05, 4.69) is 22.6 Å². The van der Waals surface area contributed by atoms with Crippen LogP contribution in [0.25, 0.3) is 0 Å². The number of carbonyl (C=O) groups is 1. The highest BCUT2D eigenvalue weighted by atomic mass is 17.2. The van der Waals surface area contributed by atoms with E-state index in [9.17, 15) is 4.79 Å². The highest BCUT2D eigenvalue weighted by molar-refractivity contribution is 5.68. The first kappa shape index (κ1) is 21.8. The van der Waals surface area contributed by atoms with Gasteiger partial charge >= 0.3 is 5.97 Å². The van der Waals surface area contributed by atoms with Gasteiger partial charge in [0.2, 0.25) is 0 Å². The zero-order valence-electron chi connectivity index (χ0n) is 15.4. The molecule has 6 nitrogen and oxygen atoms in total. The van der Waals surface area contributed by atoms with Gasteiger partial charge in [0.25, 0.3) is 0 Å². The topological polar surface area (TPSA) is 74.2 Å². The van der Waals surface area contributed by atoms with Gasteiger partial charge in [0, 0.05) is 12.8 Å². The molecule has 6 heteroatoms. The van der Waals surface area contributed by atoms with E-state index in [0.29, 0.717) is 19.3 Å². The number of ether oxygens (including phenoxy) is 1. The molecule has 144 valence electrons. The summed E-state index contributed by atoms with van der Waals surface area (Å²) in [6.45, 7) is 2.08. The molecule has 1 fully saturated rings. The maximum atomic E-state index is 11.0. The lowest BCUT2D eigenvalue weighted by Gasteiger charge is -2.17. The number of rotatable bonds is 13. The predicted octanol–water partition coefficient (Wildman–Crippen LogP) is 4.36. The highest BCUT2D eigenvalue weighted by Gasteiger charge is 2.33. The molecule has 1 aliphatic rings. The number of unbranched alkanes of at least 4 members (excludes halogenated alkanes) is 4. The van der Waals surface area contributed by atoms with E-state index in [1.807, 2.05) is 18.2 Å². The monoisotopic (exact) mass is 356 g/mol. The van der Waals surface area contributed by atoms with Crippen LogP contribution in [0.4, 0.5) is 0 Å². The second-order valence-corrected chi connectivity index (χ2v) is 6.25. The van der Waals surface area contributed by atoms with Gasteiger partial charge in [-0.1, -0.05) is 56.9 Å². The van der Waals surface area contributed by atoms with Crippen LogP contribution >= 0.6 is 0 Å². The van der Waals surface area contributed by atoms with Crippen LogP contribution in [-0.4, -0.2) is 36.6 Å². The number of methoxy groups -OCH3 is 1. The Balaban J connectivity index is 2.14. The number of allylic oxidation sites excluding steroid dienone is 3. The van der Waals surface area contributed by atoms with Crippen molar-refractivity contribution in [3.8, 4) is 0 Å². The summed E-state index contributed by atoms with van der Waals surface area (Å²) in [5.41, 5.74) is 0. The summed E-state index contributed by atoms with van der Waals surface area (Å²) in [4.78, 5) is 26.2. The number of esters is 1. The van der Waals surface area contributed by atoms with Crippen molar-refractivity contribution in [2.75, 3.05) is 7.11 Å². The van der Waals surface area contributed by atoms with Gasteiger partial charge in [-0.2, -0.15) is 0 Å². The zero-order chi connectivity index (χ0) is 18.3. The third-order valence-corrected chi connectivity index (χ3v) is 4.22. The molecule has 0 spiro atoms. The lowest BCUT2D eigenvalue weighted by atomic mass is 10.0. The smallest absolute Gasteiger partial charge is 0.305 e. The third kappa shape index (κ3) is 9.75. The van der Waals surface area contributed by atoms with Crippen molar-refractivity contribution >= 4 is 5.97 Å². The molecule has 3 unspecified atom stereocenters. The van der Waals surface area contributed by atoms with Gasteiger partial charge in [-0.25, -0.2) is 14.7 Å². The number of carbonyl (C=O) groups excluding carboxylic acids is 1. The van der Waals surface area contributed by atoms with Gasteiger partial charge in [0.15, 0.2) is 0 Å². The Labute approximate surface area is 150 Å². The van der Waals surface area contributed by atoms with Crippen LogP contribution in [0.5, 0.6) is 0 Å². The summed E-state index contributed by atoms with van der Waals surface area (Å²) in [6, 6.07) is 0. The van der Waals surface area contributed by atoms with Crippen LogP contribution in [0, 0.1) is 0 Å². The van der Waals surface area contributed by atoms with Gasteiger partial charge in [-0.15, -0.1) is 0 Å². The Bertz CT molecular complexity index is 407. The van der Waals surface area contributed by atoms with Crippen LogP contribution in [0.15, 0.2) is 24.3 Å². The van der Waals surface area contributed by atoms with Crippen molar-refractivity contribution < 1.29 is 29.5 Å². The van der Waals surface area contributed by atoms with E-state index < -0.39 is 0 Å². The maximum absolute atomic E-state index is 11.0. The third-order valence-electron chi connectivity index (χ3n) is 4.22.